The maximum atomic E-state index is 8.32. The molecule has 0 N–H and O–H groups in total. The third-order valence-corrected chi connectivity index (χ3v) is 2.27. The molecule has 0 saturated carbocycles. The van der Waals surface area contributed by atoms with Crippen molar-refractivity contribution in [2.45, 2.75) is 58.3 Å². The minimum absolute atomic E-state index is 0.672. The van der Waals surface area contributed by atoms with Crippen molar-refractivity contribution in [3.8, 4) is 6.07 Å². The maximum Gasteiger partial charge on any atom is 0.0621 e. The van der Waals surface area contributed by atoms with E-state index in [0.717, 1.165) is 12.8 Å². The molecule has 0 aliphatic heterocycles. The SMILES string of the molecule is CCCCCC/C=C/C=C/CCCC#N. The van der Waals surface area contributed by atoms with Crippen molar-refractivity contribution in [3.05, 3.63) is 24.3 Å². The zero-order chi connectivity index (χ0) is 11.2. The highest BCUT2D eigenvalue weighted by Crippen LogP contribution is 2.03. The van der Waals surface area contributed by atoms with Crippen molar-refractivity contribution in [1.29, 1.82) is 5.26 Å². The fourth-order valence-corrected chi connectivity index (χ4v) is 1.34. The third-order valence-electron chi connectivity index (χ3n) is 2.27. The number of nitriles is 1. The molecule has 0 radical (unpaired) electrons. The van der Waals surface area contributed by atoms with Crippen LogP contribution in [0.25, 0.3) is 0 Å². The number of nitrogens with zero attached hydrogens (tertiary/aromatic N) is 1. The minimum Gasteiger partial charge on any atom is -0.198 e. The molecule has 1 nitrogen and oxygen atoms in total. The fourth-order valence-electron chi connectivity index (χ4n) is 1.34. The zero-order valence-electron chi connectivity index (χ0n) is 9.91. The Bertz CT molecular complexity index is 208. The van der Waals surface area contributed by atoms with Crippen LogP contribution in [0, 0.1) is 11.3 Å². The summed E-state index contributed by atoms with van der Waals surface area (Å²) in [5.74, 6) is 0. The Morgan fingerprint density at radius 3 is 2.20 bits per heavy atom. The molecule has 0 heterocycles. The van der Waals surface area contributed by atoms with Crippen LogP contribution in [-0.4, -0.2) is 0 Å². The van der Waals surface area contributed by atoms with E-state index in [-0.39, 0.29) is 0 Å². The van der Waals surface area contributed by atoms with Gasteiger partial charge in [0.15, 0.2) is 0 Å². The van der Waals surface area contributed by atoms with Crippen molar-refractivity contribution in [1.82, 2.24) is 0 Å². The van der Waals surface area contributed by atoms with E-state index < -0.39 is 0 Å². The van der Waals surface area contributed by atoms with Gasteiger partial charge in [-0.1, -0.05) is 50.5 Å². The van der Waals surface area contributed by atoms with Gasteiger partial charge in [-0.2, -0.15) is 5.26 Å². The molecule has 0 atom stereocenters. The molecule has 0 aromatic rings. The predicted octanol–water partition coefficient (Wildman–Crippen LogP) is 4.76. The first-order valence-corrected chi connectivity index (χ1v) is 6.10. The quantitative estimate of drug-likeness (QED) is 0.393. The first-order valence-electron chi connectivity index (χ1n) is 6.10. The molecule has 0 fully saturated rings. The van der Waals surface area contributed by atoms with Crippen molar-refractivity contribution in [2.75, 3.05) is 0 Å². The van der Waals surface area contributed by atoms with E-state index in [1.54, 1.807) is 0 Å². The van der Waals surface area contributed by atoms with E-state index in [0.29, 0.717) is 6.42 Å². The van der Waals surface area contributed by atoms with Gasteiger partial charge in [0.05, 0.1) is 6.07 Å². The van der Waals surface area contributed by atoms with Gasteiger partial charge >= 0.3 is 0 Å². The van der Waals surface area contributed by atoms with Gasteiger partial charge in [-0.15, -0.1) is 0 Å². The number of rotatable bonds is 9. The molecule has 15 heavy (non-hydrogen) atoms. The first kappa shape index (κ1) is 14.0. The summed E-state index contributed by atoms with van der Waals surface area (Å²) in [6, 6.07) is 2.15. The lowest BCUT2D eigenvalue weighted by atomic mass is 10.1. The smallest absolute Gasteiger partial charge is 0.0621 e. The second kappa shape index (κ2) is 13.0. The van der Waals surface area contributed by atoms with Crippen LogP contribution in [0.2, 0.25) is 0 Å². The summed E-state index contributed by atoms with van der Waals surface area (Å²) in [5.41, 5.74) is 0. The van der Waals surface area contributed by atoms with Crippen LogP contribution >= 0.6 is 0 Å². The zero-order valence-corrected chi connectivity index (χ0v) is 9.91. The van der Waals surface area contributed by atoms with Crippen LogP contribution < -0.4 is 0 Å². The summed E-state index contributed by atoms with van der Waals surface area (Å²) in [7, 11) is 0. The average molecular weight is 205 g/mol. The van der Waals surface area contributed by atoms with E-state index in [2.05, 4.69) is 37.3 Å². The fraction of sp³-hybridized carbons (Fsp3) is 0.643. The third kappa shape index (κ3) is 13.0. The van der Waals surface area contributed by atoms with Crippen molar-refractivity contribution in [2.24, 2.45) is 0 Å². The molecule has 0 aliphatic carbocycles. The number of hydrogen-bond donors (Lipinski definition) is 0. The van der Waals surface area contributed by atoms with Gasteiger partial charge < -0.3 is 0 Å². The Kier molecular flexibility index (Phi) is 12.1. The Labute approximate surface area is 94.5 Å². The van der Waals surface area contributed by atoms with Gasteiger partial charge in [-0.05, 0) is 25.7 Å². The van der Waals surface area contributed by atoms with E-state index in [1.807, 2.05) is 0 Å². The van der Waals surface area contributed by atoms with Crippen molar-refractivity contribution in [3.63, 3.8) is 0 Å². The Hall–Kier alpha value is -1.03. The average Bonchev–Trinajstić information content (AvgIpc) is 2.26. The Morgan fingerprint density at radius 2 is 1.60 bits per heavy atom. The molecule has 0 unspecified atom stereocenters. The summed E-state index contributed by atoms with van der Waals surface area (Å²) in [4.78, 5) is 0. The lowest BCUT2D eigenvalue weighted by Gasteiger charge is -1.92. The van der Waals surface area contributed by atoms with Crippen LogP contribution in [-0.2, 0) is 0 Å². The molecule has 0 aromatic carbocycles. The summed E-state index contributed by atoms with van der Waals surface area (Å²) in [6.45, 7) is 2.24. The van der Waals surface area contributed by atoms with Gasteiger partial charge in [0.25, 0.3) is 0 Å². The summed E-state index contributed by atoms with van der Waals surface area (Å²) in [5, 5.41) is 8.32. The van der Waals surface area contributed by atoms with E-state index in [4.69, 9.17) is 5.26 Å². The molecule has 84 valence electrons. The highest BCUT2D eigenvalue weighted by atomic mass is 14.2. The molecular formula is C14H23N. The molecule has 0 amide bonds. The molecule has 1 heteroatoms. The van der Waals surface area contributed by atoms with Crippen LogP contribution in [0.15, 0.2) is 24.3 Å². The summed E-state index contributed by atoms with van der Waals surface area (Å²) in [6.07, 6.45) is 17.8. The second-order valence-electron chi connectivity index (χ2n) is 3.76. The first-order chi connectivity index (χ1) is 7.41. The largest absolute Gasteiger partial charge is 0.198 e. The van der Waals surface area contributed by atoms with E-state index in [1.165, 1.54) is 32.1 Å². The van der Waals surface area contributed by atoms with Gasteiger partial charge in [0, 0.05) is 6.42 Å². The standard InChI is InChI=1S/C14H23N/c1-2-3-4-5-6-7-8-9-10-11-12-13-14-15/h7-10H,2-6,11-13H2,1H3/b8-7+,10-9+. The molecule has 0 saturated heterocycles. The van der Waals surface area contributed by atoms with E-state index >= 15 is 0 Å². The van der Waals surface area contributed by atoms with Crippen molar-refractivity contribution < 1.29 is 0 Å². The van der Waals surface area contributed by atoms with Crippen LogP contribution in [0.3, 0.4) is 0 Å². The molecule has 0 aromatic heterocycles. The van der Waals surface area contributed by atoms with Gasteiger partial charge in [0.2, 0.25) is 0 Å². The van der Waals surface area contributed by atoms with Crippen LogP contribution in [0.1, 0.15) is 58.3 Å². The minimum atomic E-state index is 0.672. The Morgan fingerprint density at radius 1 is 0.933 bits per heavy atom. The van der Waals surface area contributed by atoms with E-state index in [9.17, 15) is 0 Å². The lowest BCUT2D eigenvalue weighted by Crippen LogP contribution is -1.73. The number of unbranched alkanes of at least 4 members (excludes halogenated alkanes) is 6. The summed E-state index contributed by atoms with van der Waals surface area (Å²) < 4.78 is 0. The topological polar surface area (TPSA) is 23.8 Å². The van der Waals surface area contributed by atoms with Crippen LogP contribution in [0.4, 0.5) is 0 Å². The normalized spacial score (nSPS) is 11.2. The van der Waals surface area contributed by atoms with Crippen LogP contribution in [0.5, 0.6) is 0 Å². The highest BCUT2D eigenvalue weighted by molar-refractivity contribution is 5.02. The lowest BCUT2D eigenvalue weighted by molar-refractivity contribution is 0.674. The van der Waals surface area contributed by atoms with Gasteiger partial charge in [0.1, 0.15) is 0 Å². The molecule has 0 spiro atoms. The number of hydrogen-bond acceptors (Lipinski definition) is 1. The monoisotopic (exact) mass is 205 g/mol. The Balaban J connectivity index is 3.19. The molecule has 0 bridgehead atoms. The van der Waals surface area contributed by atoms with Gasteiger partial charge in [-0.3, -0.25) is 0 Å². The maximum absolute atomic E-state index is 8.32. The van der Waals surface area contributed by atoms with Gasteiger partial charge in [-0.25, -0.2) is 0 Å². The summed E-state index contributed by atoms with van der Waals surface area (Å²) >= 11 is 0. The molecular weight excluding hydrogens is 182 g/mol. The predicted molar refractivity (Wildman–Crippen MR) is 66.5 cm³/mol. The highest BCUT2D eigenvalue weighted by Gasteiger charge is 1.83. The second-order valence-corrected chi connectivity index (χ2v) is 3.76. The molecule has 0 aliphatic rings. The number of allylic oxidation sites excluding steroid dienone is 4. The van der Waals surface area contributed by atoms with Crippen molar-refractivity contribution >= 4 is 0 Å². The molecule has 0 rings (SSSR count).